The van der Waals surface area contributed by atoms with Gasteiger partial charge in [0, 0.05) is 30.3 Å². The van der Waals surface area contributed by atoms with E-state index in [1.165, 1.54) is 0 Å². The lowest BCUT2D eigenvalue weighted by Crippen LogP contribution is -2.33. The summed E-state index contributed by atoms with van der Waals surface area (Å²) in [6.07, 6.45) is 2.06. The van der Waals surface area contributed by atoms with Crippen LogP contribution in [0, 0.1) is 0 Å². The molecule has 1 fully saturated rings. The minimum atomic E-state index is -0.567. The second-order valence-corrected chi connectivity index (χ2v) is 8.66. The van der Waals surface area contributed by atoms with Crippen molar-refractivity contribution in [3.8, 4) is 0 Å². The van der Waals surface area contributed by atoms with E-state index in [9.17, 15) is 14.4 Å². The summed E-state index contributed by atoms with van der Waals surface area (Å²) in [5.74, 6) is -1.24. The Hall–Kier alpha value is -2.87. The molecule has 1 saturated heterocycles. The molecule has 0 spiro atoms. The summed E-state index contributed by atoms with van der Waals surface area (Å²) >= 11 is 12.3. The molecule has 9 heteroatoms. The predicted molar refractivity (Wildman–Crippen MR) is 124 cm³/mol. The average Bonchev–Trinajstić information content (AvgIpc) is 3.41. The van der Waals surface area contributed by atoms with Gasteiger partial charge in [-0.2, -0.15) is 0 Å². The van der Waals surface area contributed by atoms with Crippen LogP contribution < -0.4 is 10.6 Å². The van der Waals surface area contributed by atoms with Crippen molar-refractivity contribution < 1.29 is 19.1 Å². The molecule has 2 N–H and O–H groups in total. The normalized spacial score (nSPS) is 18.2. The van der Waals surface area contributed by atoms with Crippen LogP contribution in [-0.2, 0) is 27.4 Å². The molecule has 2 heterocycles. The van der Waals surface area contributed by atoms with Gasteiger partial charge in [0.15, 0.2) is 0 Å². The molecule has 0 aromatic heterocycles. The number of nitrogens with one attached hydrogen (secondary N) is 2. The van der Waals surface area contributed by atoms with Crippen LogP contribution in [0.2, 0.25) is 5.02 Å². The number of benzene rings is 2. The summed E-state index contributed by atoms with van der Waals surface area (Å²) in [6.45, 7) is 1.54. The first-order chi connectivity index (χ1) is 15.9. The van der Waals surface area contributed by atoms with Crippen molar-refractivity contribution >= 4 is 40.9 Å². The molecule has 2 aliphatic heterocycles. The van der Waals surface area contributed by atoms with Gasteiger partial charge in [-0.15, -0.1) is 0 Å². The number of carbonyl (C=O) groups is 3. The van der Waals surface area contributed by atoms with Gasteiger partial charge in [0.05, 0.1) is 12.6 Å². The Morgan fingerprint density at radius 1 is 1.06 bits per heavy atom. The molecular weight excluding hydrogens is 465 g/mol. The number of halogens is 2. The van der Waals surface area contributed by atoms with E-state index in [1.807, 2.05) is 0 Å². The maximum Gasteiger partial charge on any atom is 0.278 e. The van der Waals surface area contributed by atoms with E-state index in [0.717, 1.165) is 29.9 Å². The minimum absolute atomic E-state index is 0.0362. The van der Waals surface area contributed by atoms with E-state index in [2.05, 4.69) is 10.6 Å². The zero-order chi connectivity index (χ0) is 23.4. The molecule has 33 heavy (non-hydrogen) atoms. The number of imide groups is 1. The first kappa shape index (κ1) is 23.3. The Balaban J connectivity index is 1.33. The molecule has 3 amide bonds. The summed E-state index contributed by atoms with van der Waals surface area (Å²) in [4.78, 5) is 38.7. The van der Waals surface area contributed by atoms with Gasteiger partial charge in [-0.3, -0.25) is 19.3 Å². The molecule has 2 aliphatic rings. The smallest absolute Gasteiger partial charge is 0.278 e. The van der Waals surface area contributed by atoms with Gasteiger partial charge in [0.1, 0.15) is 10.7 Å². The number of carbonyl (C=O) groups excluding carboxylic acids is 3. The minimum Gasteiger partial charge on any atom is -0.376 e. The fraction of sp³-hybridized carbons (Fsp3) is 0.292. The Labute approximate surface area is 201 Å². The lowest BCUT2D eigenvalue weighted by molar-refractivity contribution is -0.138. The van der Waals surface area contributed by atoms with Gasteiger partial charge in [-0.25, -0.2) is 0 Å². The van der Waals surface area contributed by atoms with E-state index >= 15 is 0 Å². The third-order valence-electron chi connectivity index (χ3n) is 5.60. The van der Waals surface area contributed by atoms with Crippen LogP contribution in [0.5, 0.6) is 0 Å². The number of ether oxygens (including phenoxy) is 1. The molecule has 1 unspecified atom stereocenters. The van der Waals surface area contributed by atoms with Crippen molar-refractivity contribution in [2.24, 2.45) is 0 Å². The summed E-state index contributed by atoms with van der Waals surface area (Å²) in [6, 6.07) is 14.0. The second kappa shape index (κ2) is 10.4. The maximum atomic E-state index is 12.8. The summed E-state index contributed by atoms with van der Waals surface area (Å²) in [5, 5.41) is 6.15. The SMILES string of the molecule is O=C(NCC1CCCO1)c1ccc(CNC2=C(Cl)C(=O)N(Cc3ccccc3Cl)C2=O)cc1. The van der Waals surface area contributed by atoms with Gasteiger partial charge in [-0.05, 0) is 42.2 Å². The lowest BCUT2D eigenvalue weighted by atomic mass is 10.1. The van der Waals surface area contributed by atoms with Crippen molar-refractivity contribution in [1.82, 2.24) is 15.5 Å². The van der Waals surface area contributed by atoms with Crippen molar-refractivity contribution in [2.45, 2.75) is 32.0 Å². The maximum absolute atomic E-state index is 12.8. The molecular formula is C24H23Cl2N3O4. The lowest BCUT2D eigenvalue weighted by Gasteiger charge is -2.16. The highest BCUT2D eigenvalue weighted by atomic mass is 35.5. The van der Waals surface area contributed by atoms with Crippen LogP contribution in [-0.4, -0.2) is 41.9 Å². The van der Waals surface area contributed by atoms with E-state index in [-0.39, 0.29) is 35.8 Å². The number of hydrogen-bond donors (Lipinski definition) is 2. The molecule has 7 nitrogen and oxygen atoms in total. The Bertz CT molecular complexity index is 1100. The summed E-state index contributed by atoms with van der Waals surface area (Å²) in [5.41, 5.74) is 2.06. The Morgan fingerprint density at radius 3 is 2.52 bits per heavy atom. The Morgan fingerprint density at radius 2 is 1.82 bits per heavy atom. The van der Waals surface area contributed by atoms with Crippen LogP contribution in [0.3, 0.4) is 0 Å². The molecule has 0 aliphatic carbocycles. The predicted octanol–water partition coefficient (Wildman–Crippen LogP) is 3.36. The molecule has 0 bridgehead atoms. The molecule has 2 aromatic rings. The largest absolute Gasteiger partial charge is 0.376 e. The number of hydrogen-bond acceptors (Lipinski definition) is 5. The zero-order valence-corrected chi connectivity index (χ0v) is 19.3. The first-order valence-electron chi connectivity index (χ1n) is 10.7. The quantitative estimate of drug-likeness (QED) is 0.557. The molecule has 2 aromatic carbocycles. The van der Waals surface area contributed by atoms with Gasteiger partial charge in [0.2, 0.25) is 0 Å². The highest BCUT2D eigenvalue weighted by molar-refractivity contribution is 6.47. The van der Waals surface area contributed by atoms with Crippen molar-refractivity contribution in [2.75, 3.05) is 13.2 Å². The number of amides is 3. The third-order valence-corrected chi connectivity index (χ3v) is 6.32. The van der Waals surface area contributed by atoms with Crippen molar-refractivity contribution in [3.63, 3.8) is 0 Å². The van der Waals surface area contributed by atoms with Gasteiger partial charge in [-0.1, -0.05) is 53.5 Å². The highest BCUT2D eigenvalue weighted by Crippen LogP contribution is 2.26. The highest BCUT2D eigenvalue weighted by Gasteiger charge is 2.37. The fourth-order valence-electron chi connectivity index (χ4n) is 3.72. The fourth-order valence-corrected chi connectivity index (χ4v) is 4.16. The van der Waals surface area contributed by atoms with Crippen LogP contribution in [0.1, 0.15) is 34.3 Å². The second-order valence-electron chi connectivity index (χ2n) is 7.87. The summed E-state index contributed by atoms with van der Waals surface area (Å²) in [7, 11) is 0. The molecule has 0 radical (unpaired) electrons. The van der Waals surface area contributed by atoms with Gasteiger partial charge >= 0.3 is 0 Å². The third kappa shape index (κ3) is 5.38. The van der Waals surface area contributed by atoms with Crippen molar-refractivity contribution in [3.05, 3.63) is 81.0 Å². The van der Waals surface area contributed by atoms with Crippen molar-refractivity contribution in [1.29, 1.82) is 0 Å². The average molecular weight is 488 g/mol. The van der Waals surface area contributed by atoms with E-state index in [1.54, 1.807) is 48.5 Å². The van der Waals surface area contributed by atoms with Crippen LogP contribution in [0.15, 0.2) is 59.3 Å². The topological polar surface area (TPSA) is 87.7 Å². The van der Waals surface area contributed by atoms with Crippen LogP contribution in [0.25, 0.3) is 0 Å². The zero-order valence-electron chi connectivity index (χ0n) is 17.8. The van der Waals surface area contributed by atoms with Crippen LogP contribution in [0.4, 0.5) is 0 Å². The van der Waals surface area contributed by atoms with E-state index in [0.29, 0.717) is 22.7 Å². The molecule has 0 saturated carbocycles. The summed E-state index contributed by atoms with van der Waals surface area (Å²) < 4.78 is 5.51. The van der Waals surface area contributed by atoms with E-state index in [4.69, 9.17) is 27.9 Å². The number of nitrogens with zero attached hydrogens (tertiary/aromatic N) is 1. The monoisotopic (exact) mass is 487 g/mol. The van der Waals surface area contributed by atoms with Gasteiger partial charge < -0.3 is 15.4 Å². The standard InChI is InChI=1S/C24H23Cl2N3O4/c25-19-6-2-1-4-17(19)14-29-23(31)20(26)21(24(29)32)27-12-15-7-9-16(10-8-15)22(30)28-13-18-5-3-11-33-18/h1-2,4,6-10,18,27H,3,5,11-14H2,(H,28,30). The van der Waals surface area contributed by atoms with E-state index < -0.39 is 11.8 Å². The molecule has 172 valence electrons. The van der Waals surface area contributed by atoms with Gasteiger partial charge in [0.25, 0.3) is 17.7 Å². The number of rotatable bonds is 8. The molecule has 4 rings (SSSR count). The molecule has 1 atom stereocenters. The van der Waals surface area contributed by atoms with Crippen LogP contribution >= 0.6 is 23.2 Å². The Kier molecular flexibility index (Phi) is 7.33. The first-order valence-corrected chi connectivity index (χ1v) is 11.4.